The average molecular weight is 994 g/mol. The van der Waals surface area contributed by atoms with Crippen molar-refractivity contribution < 1.29 is 4.42 Å². The number of fused-ring (bicyclic) bond motifs is 10. The number of hydrogen-bond acceptors (Lipinski definition) is 3. The van der Waals surface area contributed by atoms with Gasteiger partial charge in [-0.15, -0.1) is 0 Å². The summed E-state index contributed by atoms with van der Waals surface area (Å²) in [5, 5.41) is 4.65. The Morgan fingerprint density at radius 1 is 0.362 bits per heavy atom. The summed E-state index contributed by atoms with van der Waals surface area (Å²) >= 11 is -2.53. The van der Waals surface area contributed by atoms with Crippen LogP contribution in [0.25, 0.3) is 117 Å². The molecule has 10 aromatic carbocycles. The van der Waals surface area contributed by atoms with Gasteiger partial charge in [-0.2, -0.15) is 0 Å². The predicted molar refractivity (Wildman–Crippen MR) is 293 cm³/mol. The minimum absolute atomic E-state index is 0.691. The summed E-state index contributed by atoms with van der Waals surface area (Å²) in [7, 11) is 0. The van der Waals surface area contributed by atoms with Crippen molar-refractivity contribution in [2.24, 2.45) is 0 Å². The van der Waals surface area contributed by atoms with E-state index in [-0.39, 0.29) is 0 Å². The molecule has 324 valence electrons. The molecule has 0 fully saturated rings. The van der Waals surface area contributed by atoms with E-state index in [1.54, 1.807) is 0 Å². The number of nitrogens with zero attached hydrogens (tertiary/aromatic N) is 3. The quantitative estimate of drug-likeness (QED) is 0.149. The van der Waals surface area contributed by atoms with Crippen molar-refractivity contribution in [3.05, 3.63) is 253 Å². The molecule has 1 aliphatic heterocycles. The van der Waals surface area contributed by atoms with E-state index < -0.39 is 19.8 Å². The van der Waals surface area contributed by atoms with E-state index in [1.165, 1.54) is 65.9 Å². The summed E-state index contributed by atoms with van der Waals surface area (Å²) in [6, 6.07) is 87.5. The zero-order valence-electron chi connectivity index (χ0n) is 37.2. The Hall–Kier alpha value is -8.39. The van der Waals surface area contributed by atoms with Gasteiger partial charge in [0.05, 0.1) is 0 Å². The van der Waals surface area contributed by atoms with Gasteiger partial charge in [-0.3, -0.25) is 0 Å². The minimum atomic E-state index is -2.53. The Morgan fingerprint density at radius 3 is 1.55 bits per heavy atom. The normalized spacial score (nSPS) is 12.6. The van der Waals surface area contributed by atoms with Gasteiger partial charge in [0.1, 0.15) is 0 Å². The standard InChI is InChI=1S/C64H40IN3O/c1-6-20-41(21-7-1)50-36-45(64-66-56(43-24-10-3-11-25-43)40-57(67-64)44-26-12-4-13-27-44)37-51(42-22-8-2-9-23-42)62(50)65-54-32-18-16-31-49(54)61-55(65)35-34-48-53-38-59-52(39-60(53)69-63(48)61)47-30-17-19-33-58(47)68(59)46-28-14-5-15-29-46/h1-40H. The molecule has 0 N–H and O–H groups in total. The fraction of sp³-hybridized carbons (Fsp3) is 0. The molecule has 69 heavy (non-hydrogen) atoms. The van der Waals surface area contributed by atoms with Crippen LogP contribution in [-0.4, -0.2) is 14.5 Å². The van der Waals surface area contributed by atoms with Crippen molar-refractivity contribution in [2.45, 2.75) is 0 Å². The Bertz CT molecular complexity index is 3990. The van der Waals surface area contributed by atoms with Gasteiger partial charge in [0.2, 0.25) is 0 Å². The molecule has 3 aromatic heterocycles. The van der Waals surface area contributed by atoms with Crippen LogP contribution in [0.15, 0.2) is 247 Å². The molecule has 0 radical (unpaired) electrons. The SMILES string of the molecule is c1ccc(-c2cc(-c3ccccc3)nc(-c3cc(-c4ccccc4)c(I4c5ccccc5-c5c4ccc4c5oc5cc6c7ccccc7n(-c7ccccc7)c6cc54)c(-c4ccccc4)c3)n2)cc1. The number of hydrogen-bond donors (Lipinski definition) is 0. The van der Waals surface area contributed by atoms with E-state index in [0.717, 1.165) is 55.7 Å². The van der Waals surface area contributed by atoms with Crippen LogP contribution < -0.4 is 0 Å². The number of benzene rings is 10. The van der Waals surface area contributed by atoms with Gasteiger partial charge in [-0.1, -0.05) is 0 Å². The van der Waals surface area contributed by atoms with Crippen molar-refractivity contribution in [3.63, 3.8) is 0 Å². The summed E-state index contributed by atoms with van der Waals surface area (Å²) in [5.74, 6) is 0.691. The molecule has 14 rings (SSSR count). The molecule has 0 saturated carbocycles. The molecule has 1 aliphatic rings. The first kappa shape index (κ1) is 39.7. The van der Waals surface area contributed by atoms with Gasteiger partial charge in [0, 0.05) is 0 Å². The maximum absolute atomic E-state index is 7.21. The second kappa shape index (κ2) is 16.1. The van der Waals surface area contributed by atoms with Crippen LogP contribution in [0, 0.1) is 10.7 Å². The molecule has 0 spiro atoms. The molecule has 4 heterocycles. The number of aromatic nitrogens is 3. The maximum atomic E-state index is 7.21. The number of rotatable bonds is 7. The monoisotopic (exact) mass is 993 g/mol. The van der Waals surface area contributed by atoms with Crippen molar-refractivity contribution in [1.82, 2.24) is 14.5 Å². The van der Waals surface area contributed by atoms with Crippen LogP contribution in [0.4, 0.5) is 0 Å². The Labute approximate surface area is 406 Å². The number of furan rings is 1. The third-order valence-corrected chi connectivity index (χ3v) is 19.9. The second-order valence-electron chi connectivity index (χ2n) is 17.5. The summed E-state index contributed by atoms with van der Waals surface area (Å²) in [5.41, 5.74) is 17.4. The Balaban J connectivity index is 1.03. The van der Waals surface area contributed by atoms with Gasteiger partial charge < -0.3 is 0 Å². The summed E-state index contributed by atoms with van der Waals surface area (Å²) in [6.45, 7) is 0. The molecule has 0 unspecified atom stereocenters. The fourth-order valence-electron chi connectivity index (χ4n) is 10.4. The van der Waals surface area contributed by atoms with Crippen molar-refractivity contribution in [1.29, 1.82) is 0 Å². The molecule has 4 nitrogen and oxygen atoms in total. The summed E-state index contributed by atoms with van der Waals surface area (Å²) in [6.07, 6.45) is 0. The predicted octanol–water partition coefficient (Wildman–Crippen LogP) is 17.2. The van der Waals surface area contributed by atoms with Crippen LogP contribution in [0.3, 0.4) is 0 Å². The molecule has 5 heteroatoms. The molecule has 0 bridgehead atoms. The van der Waals surface area contributed by atoms with E-state index in [9.17, 15) is 0 Å². The first-order chi connectivity index (χ1) is 34.2. The van der Waals surface area contributed by atoms with Gasteiger partial charge in [0.15, 0.2) is 0 Å². The topological polar surface area (TPSA) is 43.9 Å². The van der Waals surface area contributed by atoms with E-state index in [0.29, 0.717) is 5.82 Å². The molecule has 0 aliphatic carbocycles. The third-order valence-electron chi connectivity index (χ3n) is 13.5. The van der Waals surface area contributed by atoms with Crippen LogP contribution >= 0.6 is 19.8 Å². The Morgan fingerprint density at radius 2 is 0.913 bits per heavy atom. The van der Waals surface area contributed by atoms with E-state index in [4.69, 9.17) is 14.4 Å². The van der Waals surface area contributed by atoms with Crippen molar-refractivity contribution >= 4 is 63.6 Å². The zero-order valence-corrected chi connectivity index (χ0v) is 39.4. The first-order valence-corrected chi connectivity index (χ1v) is 26.5. The zero-order chi connectivity index (χ0) is 45.4. The summed E-state index contributed by atoms with van der Waals surface area (Å²) in [4.78, 5) is 10.7. The Kier molecular flexibility index (Phi) is 9.30. The fourth-order valence-corrected chi connectivity index (χ4v) is 17.5. The van der Waals surface area contributed by atoms with Gasteiger partial charge in [0.25, 0.3) is 0 Å². The summed E-state index contributed by atoms with van der Waals surface area (Å²) < 4.78 is 13.8. The molecular formula is C64H40IN3O. The molecule has 0 saturated heterocycles. The van der Waals surface area contributed by atoms with Crippen LogP contribution in [-0.2, 0) is 0 Å². The van der Waals surface area contributed by atoms with Gasteiger partial charge >= 0.3 is 409 Å². The third kappa shape index (κ3) is 6.49. The van der Waals surface area contributed by atoms with E-state index in [2.05, 4.69) is 235 Å². The van der Waals surface area contributed by atoms with Crippen LogP contribution in [0.5, 0.6) is 0 Å². The second-order valence-corrected chi connectivity index (χ2v) is 22.6. The van der Waals surface area contributed by atoms with Gasteiger partial charge in [-0.25, -0.2) is 0 Å². The number of para-hydroxylation sites is 2. The first-order valence-electron chi connectivity index (χ1n) is 23.3. The van der Waals surface area contributed by atoms with Crippen molar-refractivity contribution in [3.8, 4) is 73.0 Å². The van der Waals surface area contributed by atoms with E-state index in [1.807, 2.05) is 12.1 Å². The molecular weight excluding hydrogens is 954 g/mol. The van der Waals surface area contributed by atoms with Crippen LogP contribution in [0.1, 0.15) is 0 Å². The number of halogens is 1. The molecule has 0 amide bonds. The van der Waals surface area contributed by atoms with Gasteiger partial charge in [-0.05, 0) is 0 Å². The van der Waals surface area contributed by atoms with E-state index >= 15 is 0 Å². The van der Waals surface area contributed by atoms with Crippen LogP contribution in [0.2, 0.25) is 0 Å². The molecule has 13 aromatic rings. The average Bonchev–Trinajstić information content (AvgIpc) is 4.08. The van der Waals surface area contributed by atoms with Crippen molar-refractivity contribution in [2.75, 3.05) is 0 Å². The molecule has 0 atom stereocenters.